The topological polar surface area (TPSA) is 36.9 Å². The maximum atomic E-state index is 5.91. The molecule has 4 unspecified atom stereocenters. The first-order valence-electron chi connectivity index (χ1n) is 7.90. The maximum absolute atomic E-state index is 5.91. The zero-order chi connectivity index (χ0) is 15.6. The molecule has 2 aliphatic rings. The molecule has 8 atom stereocenters. The summed E-state index contributed by atoms with van der Waals surface area (Å²) in [6.07, 6.45) is 3.66. The molecular formula is C17H29O4W5Y5-3. The van der Waals surface area contributed by atoms with E-state index in [4.69, 9.17) is 18.9 Å². The molecule has 0 bridgehead atoms. The zero-order valence-corrected chi connectivity index (χ0v) is 47.6. The van der Waals surface area contributed by atoms with Gasteiger partial charge in [-0.3, -0.25) is 12.8 Å². The molecule has 0 spiro atoms. The molecule has 14 heteroatoms. The molecule has 2 rings (SSSR count). The molecule has 4 nitrogen and oxygen atoms in total. The summed E-state index contributed by atoms with van der Waals surface area (Å²) < 4.78 is 22.9. The first-order valence-corrected chi connectivity index (χ1v) is 7.90. The van der Waals surface area contributed by atoms with Gasteiger partial charge in [-0.2, -0.15) is 11.8 Å². The maximum Gasteiger partial charge on any atom is 0.0809 e. The van der Waals surface area contributed by atoms with Crippen LogP contribution in [-0.4, -0.2) is 38.5 Å². The van der Waals surface area contributed by atoms with E-state index in [1.54, 1.807) is 7.11 Å². The van der Waals surface area contributed by atoms with Crippen molar-refractivity contribution in [3.05, 3.63) is 19.8 Å². The summed E-state index contributed by atoms with van der Waals surface area (Å²) in [7, 11) is 1.66. The molecule has 0 amide bonds. The minimum atomic E-state index is -0.295. The van der Waals surface area contributed by atoms with Gasteiger partial charge in [0.05, 0.1) is 12.7 Å². The second-order valence-corrected chi connectivity index (χ2v) is 6.48. The molecule has 0 N–H and O–H groups in total. The second-order valence-electron chi connectivity index (χ2n) is 6.48. The van der Waals surface area contributed by atoms with Crippen molar-refractivity contribution in [2.75, 3.05) is 13.7 Å². The smallest absolute Gasteiger partial charge is 0.0809 e. The number of methoxy groups -OCH3 is 1. The minimum absolute atomic E-state index is 0. The molecule has 0 aromatic carbocycles. The Bertz CT molecular complexity index is 348. The predicted molar refractivity (Wildman–Crippen MR) is 80.9 cm³/mol. The Kier molecular flexibility index (Phi) is 71.3. The van der Waals surface area contributed by atoms with E-state index in [2.05, 4.69) is 47.5 Å². The van der Waals surface area contributed by atoms with Crippen molar-refractivity contribution < 1.29 is 288 Å². The Morgan fingerprint density at radius 2 is 1.13 bits per heavy atom. The van der Waals surface area contributed by atoms with E-state index in [0.717, 1.165) is 0 Å². The SMILES string of the molecule is [CH2-]C1O[C@@H](OCC2O[C@@H](OC)[CH-]C(C)[C@H]2C)[CH-]C(C)[C@H]1C.[W].[W].[W].[W].[W].[Y].[Y].[Y].[Y].[Y]. The van der Waals surface area contributed by atoms with Crippen LogP contribution in [0.1, 0.15) is 27.7 Å². The van der Waals surface area contributed by atoms with Crippen molar-refractivity contribution in [1.29, 1.82) is 0 Å². The average Bonchev–Trinajstić information content (AvgIpc) is 2.45. The number of hydrogen-bond acceptors (Lipinski definition) is 4. The van der Waals surface area contributed by atoms with Crippen molar-refractivity contribution >= 4 is 0 Å². The van der Waals surface area contributed by atoms with Crippen LogP contribution >= 0.6 is 0 Å². The van der Waals surface area contributed by atoms with Crippen LogP contribution in [0, 0.1) is 43.4 Å². The fourth-order valence-electron chi connectivity index (χ4n) is 2.82. The van der Waals surface area contributed by atoms with E-state index in [1.807, 2.05) is 0 Å². The number of ether oxygens (including phenoxy) is 4. The quantitative estimate of drug-likeness (QED) is 0.407. The molecule has 2 saturated heterocycles. The zero-order valence-electron chi connectivity index (χ0n) is 18.7. The van der Waals surface area contributed by atoms with Crippen LogP contribution in [0.5, 0.6) is 0 Å². The molecule has 169 valence electrons. The largest absolute Gasteiger partial charge is 0.412 e. The molecule has 0 aromatic rings. The molecule has 5 radical (unpaired) electrons. The molecule has 2 heterocycles. The van der Waals surface area contributed by atoms with E-state index in [0.29, 0.717) is 30.3 Å². The van der Waals surface area contributed by atoms with E-state index >= 15 is 0 Å². The summed E-state index contributed by atoms with van der Waals surface area (Å²) in [4.78, 5) is 0. The van der Waals surface area contributed by atoms with Gasteiger partial charge in [0.25, 0.3) is 0 Å². The van der Waals surface area contributed by atoms with Gasteiger partial charge < -0.3 is 25.9 Å². The third-order valence-electron chi connectivity index (χ3n) is 5.03. The molecule has 2 fully saturated rings. The number of rotatable bonds is 4. The molecular weight excluding hydrogens is 1630 g/mol. The van der Waals surface area contributed by atoms with E-state index in [9.17, 15) is 0 Å². The van der Waals surface area contributed by atoms with Crippen LogP contribution < -0.4 is 0 Å². The molecule has 0 aromatic heterocycles. The summed E-state index contributed by atoms with van der Waals surface area (Å²) in [5, 5.41) is 0. The van der Waals surface area contributed by atoms with Crippen LogP contribution in [0.15, 0.2) is 0 Å². The monoisotopic (exact) mass is 1660 g/mol. The Labute approximate surface area is 388 Å². The summed E-state index contributed by atoms with van der Waals surface area (Å²) in [5.74, 6) is 1.69. The summed E-state index contributed by atoms with van der Waals surface area (Å²) in [6, 6.07) is 0. The van der Waals surface area contributed by atoms with Crippen LogP contribution in [0.25, 0.3) is 0 Å². The fraction of sp³-hybridized carbons (Fsp3) is 0.824. The fourth-order valence-corrected chi connectivity index (χ4v) is 2.82. The van der Waals surface area contributed by atoms with Gasteiger partial charge in [-0.05, 0) is 5.92 Å². The first kappa shape index (κ1) is 63.2. The van der Waals surface area contributed by atoms with E-state index < -0.39 is 0 Å². The third kappa shape index (κ3) is 23.0. The molecule has 0 aliphatic carbocycles. The number of hydrogen-bond donors (Lipinski definition) is 0. The van der Waals surface area contributed by atoms with Gasteiger partial charge in [-0.1, -0.05) is 39.7 Å². The van der Waals surface area contributed by atoms with Gasteiger partial charge >= 0.3 is 0 Å². The van der Waals surface area contributed by atoms with E-state index in [-0.39, 0.29) is 294 Å². The van der Waals surface area contributed by atoms with Crippen LogP contribution in [0.4, 0.5) is 0 Å². The van der Waals surface area contributed by atoms with Crippen molar-refractivity contribution in [3.63, 3.8) is 0 Å². The molecule has 2 aliphatic heterocycles. The Balaban J connectivity index is -0.0000000691. The summed E-state index contributed by atoms with van der Waals surface area (Å²) >= 11 is 0. The van der Waals surface area contributed by atoms with Crippen molar-refractivity contribution in [3.8, 4) is 0 Å². The van der Waals surface area contributed by atoms with Gasteiger partial charge in [-0.25, -0.2) is 0 Å². The van der Waals surface area contributed by atoms with Crippen LogP contribution in [-0.2, 0) is 288 Å². The Morgan fingerprint density at radius 3 is 1.55 bits per heavy atom. The molecule has 0 saturated carbocycles. The van der Waals surface area contributed by atoms with Crippen molar-refractivity contribution in [2.24, 2.45) is 23.7 Å². The average molecular weight is 1660 g/mol. The van der Waals surface area contributed by atoms with Crippen molar-refractivity contribution in [2.45, 2.75) is 52.5 Å². The van der Waals surface area contributed by atoms with Crippen molar-refractivity contribution in [1.82, 2.24) is 0 Å². The summed E-state index contributed by atoms with van der Waals surface area (Å²) in [6.45, 7) is 13.3. The van der Waals surface area contributed by atoms with Crippen LogP contribution in [0.3, 0.4) is 0 Å². The predicted octanol–water partition coefficient (Wildman–Crippen LogP) is 2.86. The Hall–Kier alpha value is 8.80. The van der Waals surface area contributed by atoms with Gasteiger partial charge in [-0.15, -0.1) is 0 Å². The second kappa shape index (κ2) is 35.0. The Morgan fingerprint density at radius 1 is 0.710 bits per heavy atom. The minimum Gasteiger partial charge on any atom is -0.412 e. The standard InChI is InChI=1S/C17H29O4.5W.5Y/c1-10-8-17(20-14(5)12(10)3)19-9-15-13(4)11(2)7-16(18-6)21-15;;;;;;;;;;/h7-8,10-17H,5,9H2,1-4,6H3;;;;;;;;;;/q-3;;;;;;;;;;/t10?,11?,12-,13-,14?,15?,16-,17-;;;;;;;;;;/m1........../s1. The normalized spacial score (nSPS) is 32.7. The summed E-state index contributed by atoms with van der Waals surface area (Å²) in [5.41, 5.74) is 0. The van der Waals surface area contributed by atoms with E-state index in [1.165, 1.54) is 0 Å². The van der Waals surface area contributed by atoms with Gasteiger partial charge in [0.15, 0.2) is 0 Å². The van der Waals surface area contributed by atoms with Gasteiger partial charge in [0.2, 0.25) is 0 Å². The van der Waals surface area contributed by atoms with Gasteiger partial charge in [0, 0.05) is 289 Å². The van der Waals surface area contributed by atoms with Crippen LogP contribution in [0.2, 0.25) is 0 Å². The molecule has 31 heavy (non-hydrogen) atoms. The first-order chi connectivity index (χ1) is 9.92. The third-order valence-corrected chi connectivity index (χ3v) is 5.03. The van der Waals surface area contributed by atoms with Gasteiger partial charge in [0.1, 0.15) is 0 Å².